The lowest BCUT2D eigenvalue weighted by Gasteiger charge is -2.32. The van der Waals surface area contributed by atoms with Crippen LogP contribution in [0.25, 0.3) is 0 Å². The monoisotopic (exact) mass is 430 g/mol. The van der Waals surface area contributed by atoms with Crippen molar-refractivity contribution in [2.24, 2.45) is 10.3 Å². The molecule has 0 bridgehead atoms. The summed E-state index contributed by atoms with van der Waals surface area (Å²) in [4.78, 5) is 20.9. The molecular weight excluding hydrogens is 408 g/mol. The van der Waals surface area contributed by atoms with E-state index in [1.165, 1.54) is 17.7 Å². The number of nitrogens with zero attached hydrogens (tertiary/aromatic N) is 3. The van der Waals surface area contributed by atoms with Crippen LogP contribution in [0.3, 0.4) is 0 Å². The van der Waals surface area contributed by atoms with Gasteiger partial charge in [-0.2, -0.15) is 8.42 Å². The van der Waals surface area contributed by atoms with Gasteiger partial charge < -0.3 is 10.2 Å². The van der Waals surface area contributed by atoms with E-state index in [9.17, 15) is 13.2 Å². The second-order valence-electron chi connectivity index (χ2n) is 7.73. The van der Waals surface area contributed by atoms with Gasteiger partial charge in [0.05, 0.1) is 5.69 Å². The number of hydrogen-bond donors (Lipinski definition) is 1. The summed E-state index contributed by atoms with van der Waals surface area (Å²) in [5, 5.41) is 3.72. The first kappa shape index (κ1) is 18.7. The molecule has 0 atom stereocenters. The van der Waals surface area contributed by atoms with Crippen LogP contribution in [0.5, 0.6) is 0 Å². The third-order valence-electron chi connectivity index (χ3n) is 5.85. The number of amidine groups is 1. The molecule has 5 rings (SSSR count). The van der Waals surface area contributed by atoms with Crippen molar-refractivity contribution >= 4 is 38.2 Å². The Bertz CT molecular complexity index is 1080. The minimum absolute atomic E-state index is 0.0112. The number of fused-ring (bicyclic) bond motifs is 2. The lowest BCUT2D eigenvalue weighted by atomic mass is 9.95. The van der Waals surface area contributed by atoms with Crippen molar-refractivity contribution in [1.29, 1.82) is 0 Å². The number of hydrogen-bond acceptors (Lipinski definition) is 6. The maximum Gasteiger partial charge on any atom is 0.285 e. The molecule has 0 spiro atoms. The van der Waals surface area contributed by atoms with Crippen molar-refractivity contribution in [3.05, 3.63) is 40.4 Å². The van der Waals surface area contributed by atoms with Crippen LogP contribution in [0.2, 0.25) is 0 Å². The van der Waals surface area contributed by atoms with Crippen LogP contribution in [0.1, 0.15) is 41.8 Å². The van der Waals surface area contributed by atoms with Gasteiger partial charge in [-0.15, -0.1) is 15.7 Å². The van der Waals surface area contributed by atoms with E-state index in [4.69, 9.17) is 0 Å². The molecule has 152 valence electrons. The van der Waals surface area contributed by atoms with E-state index < -0.39 is 10.0 Å². The topological polar surface area (TPSA) is 91.7 Å². The molecule has 7 nitrogen and oxygen atoms in total. The molecule has 29 heavy (non-hydrogen) atoms. The summed E-state index contributed by atoms with van der Waals surface area (Å²) in [5.41, 5.74) is 1.80. The van der Waals surface area contributed by atoms with Crippen LogP contribution in [-0.4, -0.2) is 43.1 Å². The van der Waals surface area contributed by atoms with Crippen molar-refractivity contribution in [2.75, 3.05) is 18.4 Å². The molecule has 2 aliphatic heterocycles. The van der Waals surface area contributed by atoms with E-state index in [-0.39, 0.29) is 16.7 Å². The van der Waals surface area contributed by atoms with Crippen molar-refractivity contribution in [1.82, 2.24) is 9.88 Å². The van der Waals surface area contributed by atoms with Gasteiger partial charge in [-0.1, -0.05) is 12.1 Å². The summed E-state index contributed by atoms with van der Waals surface area (Å²) in [6.45, 7) is 1.21. The molecule has 1 amide bonds. The Kier molecular flexibility index (Phi) is 4.66. The fourth-order valence-electron chi connectivity index (χ4n) is 4.28. The zero-order chi connectivity index (χ0) is 20.0. The Labute approximate surface area is 173 Å². The van der Waals surface area contributed by atoms with E-state index in [0.717, 1.165) is 18.5 Å². The molecule has 3 heterocycles. The van der Waals surface area contributed by atoms with Gasteiger partial charge in [-0.05, 0) is 50.7 Å². The summed E-state index contributed by atoms with van der Waals surface area (Å²) in [7, 11) is -3.62. The molecule has 1 N–H and O–H groups in total. The molecule has 2 aromatic rings. The molecule has 0 unspecified atom stereocenters. The van der Waals surface area contributed by atoms with Gasteiger partial charge in [0.15, 0.2) is 11.0 Å². The Balaban J connectivity index is 1.24. The summed E-state index contributed by atoms with van der Waals surface area (Å²) in [6.07, 6.45) is 5.77. The first-order valence-electron chi connectivity index (χ1n) is 10.00. The number of anilines is 1. The third-order valence-corrected chi connectivity index (χ3v) is 8.25. The van der Waals surface area contributed by atoms with Crippen molar-refractivity contribution in [3.8, 4) is 0 Å². The average molecular weight is 431 g/mol. The summed E-state index contributed by atoms with van der Waals surface area (Å²) in [6, 6.07) is 6.92. The largest absolute Gasteiger partial charge is 0.355 e. The number of benzene rings is 1. The minimum Gasteiger partial charge on any atom is -0.355 e. The molecule has 0 saturated carbocycles. The van der Waals surface area contributed by atoms with Crippen molar-refractivity contribution in [3.63, 3.8) is 0 Å². The van der Waals surface area contributed by atoms with Crippen LogP contribution in [0.15, 0.2) is 33.6 Å². The predicted molar refractivity (Wildman–Crippen MR) is 112 cm³/mol. The van der Waals surface area contributed by atoms with Crippen LogP contribution >= 0.6 is 11.3 Å². The van der Waals surface area contributed by atoms with E-state index in [0.29, 0.717) is 42.5 Å². The molecule has 1 fully saturated rings. The summed E-state index contributed by atoms with van der Waals surface area (Å²) in [5.74, 6) is 0.421. The van der Waals surface area contributed by atoms with E-state index >= 15 is 0 Å². The Morgan fingerprint density at radius 1 is 1.14 bits per heavy atom. The zero-order valence-corrected chi connectivity index (χ0v) is 17.6. The predicted octanol–water partition coefficient (Wildman–Crippen LogP) is 2.82. The number of thiazole rings is 1. The second-order valence-corrected chi connectivity index (χ2v) is 10.4. The number of likely N-dealkylation sites (tertiary alicyclic amines) is 1. The quantitative estimate of drug-likeness (QED) is 0.791. The number of aryl methyl sites for hydroxylation is 2. The number of aromatic nitrogens is 1. The SMILES string of the molecule is O=C(Nc1nc2c(s1)CCCC2)C1CCN(C2=NS(=O)(=O)c3ccccc32)CC1. The fourth-order valence-corrected chi connectivity index (χ4v) is 6.56. The first-order valence-corrected chi connectivity index (χ1v) is 12.3. The molecule has 9 heteroatoms. The van der Waals surface area contributed by atoms with Crippen molar-refractivity contribution < 1.29 is 13.2 Å². The molecule has 3 aliphatic rings. The van der Waals surface area contributed by atoms with Gasteiger partial charge in [0.1, 0.15) is 4.90 Å². The molecule has 0 radical (unpaired) electrons. The number of rotatable bonds is 2. The summed E-state index contributed by atoms with van der Waals surface area (Å²) < 4.78 is 28.6. The Morgan fingerprint density at radius 2 is 1.90 bits per heavy atom. The Morgan fingerprint density at radius 3 is 2.69 bits per heavy atom. The van der Waals surface area contributed by atoms with Crippen LogP contribution in [0.4, 0.5) is 5.13 Å². The minimum atomic E-state index is -3.62. The number of piperidine rings is 1. The maximum absolute atomic E-state index is 12.7. The number of carbonyl (C=O) groups excluding carboxylic acids is 1. The van der Waals surface area contributed by atoms with E-state index in [2.05, 4.69) is 14.7 Å². The number of amides is 1. The zero-order valence-electron chi connectivity index (χ0n) is 15.9. The lowest BCUT2D eigenvalue weighted by molar-refractivity contribution is -0.120. The highest BCUT2D eigenvalue weighted by molar-refractivity contribution is 7.90. The fraction of sp³-hybridized carbons (Fsp3) is 0.450. The highest BCUT2D eigenvalue weighted by Gasteiger charge is 2.34. The number of carbonyl (C=O) groups is 1. The number of sulfonamides is 1. The summed E-state index contributed by atoms with van der Waals surface area (Å²) >= 11 is 1.60. The molecular formula is C20H22N4O3S2. The highest BCUT2D eigenvalue weighted by atomic mass is 32.2. The standard InChI is InChI=1S/C20H22N4O3S2/c25-19(22-20-21-15-6-2-3-7-16(15)28-20)13-9-11-24(12-10-13)18-14-5-1-4-8-17(14)29(26,27)23-18/h1,4-5,8,13H,2-3,6-7,9-12H2,(H,21,22,25). The van der Waals surface area contributed by atoms with Gasteiger partial charge in [0.25, 0.3) is 10.0 Å². The van der Waals surface area contributed by atoms with Crippen molar-refractivity contribution in [2.45, 2.75) is 43.4 Å². The number of nitrogens with one attached hydrogen (secondary N) is 1. The smallest absolute Gasteiger partial charge is 0.285 e. The molecule has 1 aromatic carbocycles. The lowest BCUT2D eigenvalue weighted by Crippen LogP contribution is -2.41. The van der Waals surface area contributed by atoms with Crippen LogP contribution in [-0.2, 0) is 27.7 Å². The molecule has 1 aliphatic carbocycles. The third kappa shape index (κ3) is 3.46. The van der Waals surface area contributed by atoms with Crippen LogP contribution in [0, 0.1) is 5.92 Å². The van der Waals surface area contributed by atoms with Gasteiger partial charge in [-0.25, -0.2) is 4.98 Å². The highest BCUT2D eigenvalue weighted by Crippen LogP contribution is 2.32. The average Bonchev–Trinajstić information content (AvgIpc) is 3.26. The first-order chi connectivity index (χ1) is 14.0. The Hall–Kier alpha value is -2.26. The van der Waals surface area contributed by atoms with E-state index in [1.54, 1.807) is 29.5 Å². The van der Waals surface area contributed by atoms with E-state index in [1.807, 2.05) is 11.0 Å². The van der Waals surface area contributed by atoms with Crippen LogP contribution < -0.4 is 5.32 Å². The van der Waals surface area contributed by atoms with Gasteiger partial charge in [-0.3, -0.25) is 4.79 Å². The van der Waals surface area contributed by atoms with Gasteiger partial charge in [0.2, 0.25) is 5.91 Å². The van der Waals surface area contributed by atoms with Gasteiger partial charge >= 0.3 is 0 Å². The molecule has 1 saturated heterocycles. The second kappa shape index (κ2) is 7.21. The van der Waals surface area contributed by atoms with Gasteiger partial charge in [0, 0.05) is 29.4 Å². The maximum atomic E-state index is 12.7. The normalized spacial score (nSPS) is 20.7. The molecule has 1 aromatic heterocycles.